The molecule has 0 amide bonds. The van der Waals surface area contributed by atoms with Gasteiger partial charge in [-0.15, -0.1) is 0 Å². The van der Waals surface area contributed by atoms with Crippen molar-refractivity contribution in [3.05, 3.63) is 58.4 Å². The van der Waals surface area contributed by atoms with E-state index in [0.29, 0.717) is 0 Å². The topological polar surface area (TPSA) is 26.7 Å². The largest absolute Gasteiger partial charge is 0.395 e. The zero-order valence-electron chi connectivity index (χ0n) is 14.5. The monoisotopic (exact) mass is 392 g/mol. The van der Waals surface area contributed by atoms with Crippen LogP contribution in [0.15, 0.2) is 46.2 Å². The van der Waals surface area contributed by atoms with E-state index >= 15 is 0 Å². The van der Waals surface area contributed by atoms with Crippen LogP contribution in [0, 0.1) is 5.82 Å². The molecule has 0 bridgehead atoms. The maximum atomic E-state index is 14.1. The number of fused-ring (bicyclic) bond motifs is 2. The van der Waals surface area contributed by atoms with Gasteiger partial charge in [0.15, 0.2) is 0 Å². The van der Waals surface area contributed by atoms with Gasteiger partial charge in [0.05, 0.1) is 11.6 Å². The minimum atomic E-state index is -0.358. The van der Waals surface area contributed by atoms with E-state index in [1.165, 1.54) is 10.5 Å². The van der Waals surface area contributed by atoms with E-state index < -0.39 is 0 Å². The van der Waals surface area contributed by atoms with Crippen molar-refractivity contribution in [1.29, 1.82) is 0 Å². The summed E-state index contributed by atoms with van der Waals surface area (Å²) >= 11 is 7.77. The molecule has 2 aliphatic rings. The third-order valence-electron chi connectivity index (χ3n) is 5.28. The minimum absolute atomic E-state index is 0.190. The number of hydrogen-bond donors (Lipinski definition) is 1. The zero-order valence-corrected chi connectivity index (χ0v) is 16.1. The summed E-state index contributed by atoms with van der Waals surface area (Å²) in [4.78, 5) is 6.91. The Labute approximate surface area is 162 Å². The van der Waals surface area contributed by atoms with E-state index in [1.54, 1.807) is 17.8 Å². The number of rotatable bonds is 3. The van der Waals surface area contributed by atoms with Crippen molar-refractivity contribution in [2.75, 3.05) is 39.3 Å². The van der Waals surface area contributed by atoms with Gasteiger partial charge in [-0.3, -0.25) is 9.80 Å². The third-order valence-corrected chi connectivity index (χ3v) is 6.76. The summed E-state index contributed by atoms with van der Waals surface area (Å²) in [5, 5.41) is 9.35. The normalized spacial score (nSPS) is 21.1. The van der Waals surface area contributed by atoms with Crippen LogP contribution in [0.3, 0.4) is 0 Å². The maximum Gasteiger partial charge on any atom is 0.142 e. The van der Waals surface area contributed by atoms with Gasteiger partial charge in [-0.2, -0.15) is 0 Å². The van der Waals surface area contributed by atoms with E-state index in [1.807, 2.05) is 12.1 Å². The highest BCUT2D eigenvalue weighted by Gasteiger charge is 2.30. The molecule has 2 aromatic carbocycles. The van der Waals surface area contributed by atoms with Crippen LogP contribution in [0.2, 0.25) is 5.02 Å². The first-order chi connectivity index (χ1) is 12.7. The lowest BCUT2D eigenvalue weighted by Gasteiger charge is -2.39. The van der Waals surface area contributed by atoms with Crippen molar-refractivity contribution < 1.29 is 9.50 Å². The first-order valence-electron chi connectivity index (χ1n) is 8.97. The average Bonchev–Trinajstić information content (AvgIpc) is 2.80. The third kappa shape index (κ3) is 3.64. The standard InChI is InChI=1S/C20H22ClFN2OS/c21-16-12-15-18(24-7-5-23(6-8-24)9-10-25)11-14-3-1-2-4-19(14)26-20(15)13-17(16)22/h1-4,12-13,18,25H,5-11H2. The number of nitrogens with zero attached hydrogens (tertiary/aromatic N) is 2. The van der Waals surface area contributed by atoms with Gasteiger partial charge in [0.2, 0.25) is 0 Å². The first kappa shape index (κ1) is 18.3. The van der Waals surface area contributed by atoms with Crippen LogP contribution in [-0.4, -0.2) is 54.2 Å². The molecule has 1 N–H and O–H groups in total. The van der Waals surface area contributed by atoms with Gasteiger partial charge in [-0.1, -0.05) is 41.6 Å². The number of β-amino-alcohol motifs (C(OH)–C–C–N with tert-alkyl or cyclic N) is 1. The van der Waals surface area contributed by atoms with Gasteiger partial charge in [-0.05, 0) is 35.7 Å². The van der Waals surface area contributed by atoms with Gasteiger partial charge in [0, 0.05) is 48.6 Å². The lowest BCUT2D eigenvalue weighted by Crippen LogP contribution is -2.48. The van der Waals surface area contributed by atoms with Gasteiger partial charge < -0.3 is 5.11 Å². The second kappa shape index (κ2) is 7.87. The summed E-state index contributed by atoms with van der Waals surface area (Å²) in [6.07, 6.45) is 0.901. The average molecular weight is 393 g/mol. The molecule has 6 heteroatoms. The van der Waals surface area contributed by atoms with Crippen LogP contribution in [-0.2, 0) is 6.42 Å². The van der Waals surface area contributed by atoms with Crippen molar-refractivity contribution in [2.45, 2.75) is 22.3 Å². The number of hydrogen-bond acceptors (Lipinski definition) is 4. The molecule has 0 aliphatic carbocycles. The van der Waals surface area contributed by atoms with Gasteiger partial charge in [0.25, 0.3) is 0 Å². The quantitative estimate of drug-likeness (QED) is 0.858. The molecule has 2 aliphatic heterocycles. The minimum Gasteiger partial charge on any atom is -0.395 e. The Kier molecular flexibility index (Phi) is 5.53. The van der Waals surface area contributed by atoms with Crippen LogP contribution in [0.5, 0.6) is 0 Å². The van der Waals surface area contributed by atoms with Crippen LogP contribution < -0.4 is 0 Å². The second-order valence-electron chi connectivity index (χ2n) is 6.84. The molecular weight excluding hydrogens is 371 g/mol. The molecular formula is C20H22ClFN2OS. The molecule has 1 fully saturated rings. The number of aliphatic hydroxyl groups excluding tert-OH is 1. The highest BCUT2D eigenvalue weighted by atomic mass is 35.5. The fraction of sp³-hybridized carbons (Fsp3) is 0.400. The fourth-order valence-corrected chi connectivity index (χ4v) is 5.18. The summed E-state index contributed by atoms with van der Waals surface area (Å²) < 4.78 is 14.1. The van der Waals surface area contributed by atoms with E-state index in [9.17, 15) is 4.39 Å². The molecule has 0 radical (unpaired) electrons. The Bertz CT molecular complexity index is 795. The molecule has 3 nitrogen and oxygen atoms in total. The number of halogens is 2. The fourth-order valence-electron chi connectivity index (χ4n) is 3.87. The van der Waals surface area contributed by atoms with Crippen molar-refractivity contribution in [2.24, 2.45) is 0 Å². The van der Waals surface area contributed by atoms with Crippen LogP contribution in [0.25, 0.3) is 0 Å². The molecule has 4 rings (SSSR count). The molecule has 0 saturated carbocycles. The highest BCUT2D eigenvalue weighted by Crippen LogP contribution is 2.44. The molecule has 2 heterocycles. The molecule has 2 aromatic rings. The van der Waals surface area contributed by atoms with Crippen LogP contribution in [0.1, 0.15) is 17.2 Å². The number of aliphatic hydroxyl groups is 1. The van der Waals surface area contributed by atoms with E-state index in [-0.39, 0.29) is 23.5 Å². The Hall–Kier alpha value is -1.11. The summed E-state index contributed by atoms with van der Waals surface area (Å²) in [6, 6.07) is 12.0. The van der Waals surface area contributed by atoms with Crippen molar-refractivity contribution >= 4 is 23.4 Å². The lowest BCUT2D eigenvalue weighted by atomic mass is 9.96. The SMILES string of the molecule is OCCN1CCN(C2Cc3ccccc3Sc3cc(F)c(Cl)cc32)CC1. The first-order valence-corrected chi connectivity index (χ1v) is 10.2. The van der Waals surface area contributed by atoms with E-state index in [0.717, 1.165) is 49.6 Å². The molecule has 138 valence electrons. The summed E-state index contributed by atoms with van der Waals surface area (Å²) in [5.74, 6) is -0.358. The molecule has 26 heavy (non-hydrogen) atoms. The van der Waals surface area contributed by atoms with Crippen LogP contribution in [0.4, 0.5) is 4.39 Å². The zero-order chi connectivity index (χ0) is 18.1. The summed E-state index contributed by atoms with van der Waals surface area (Å²) in [7, 11) is 0. The predicted molar refractivity (Wildman–Crippen MR) is 104 cm³/mol. The van der Waals surface area contributed by atoms with Crippen molar-refractivity contribution in [1.82, 2.24) is 9.80 Å². The van der Waals surface area contributed by atoms with Crippen molar-refractivity contribution in [3.63, 3.8) is 0 Å². The van der Waals surface area contributed by atoms with Gasteiger partial charge in [0.1, 0.15) is 5.82 Å². The van der Waals surface area contributed by atoms with E-state index in [2.05, 4.69) is 28.0 Å². The molecule has 1 atom stereocenters. The van der Waals surface area contributed by atoms with E-state index in [4.69, 9.17) is 16.7 Å². The second-order valence-corrected chi connectivity index (χ2v) is 8.33. The summed E-state index contributed by atoms with van der Waals surface area (Å²) in [6.45, 7) is 4.68. The smallest absolute Gasteiger partial charge is 0.142 e. The lowest BCUT2D eigenvalue weighted by molar-refractivity contribution is 0.0823. The van der Waals surface area contributed by atoms with Crippen molar-refractivity contribution in [3.8, 4) is 0 Å². The Morgan fingerprint density at radius 3 is 2.65 bits per heavy atom. The molecule has 0 aromatic heterocycles. The predicted octanol–water partition coefficient (Wildman–Crippen LogP) is 3.84. The molecule has 1 saturated heterocycles. The Morgan fingerprint density at radius 1 is 1.12 bits per heavy atom. The Morgan fingerprint density at radius 2 is 1.88 bits per heavy atom. The highest BCUT2D eigenvalue weighted by molar-refractivity contribution is 7.99. The maximum absolute atomic E-state index is 14.1. The molecule has 1 unspecified atom stereocenters. The van der Waals surface area contributed by atoms with Gasteiger partial charge in [-0.25, -0.2) is 4.39 Å². The number of piperazine rings is 1. The summed E-state index contributed by atoms with van der Waals surface area (Å²) in [5.41, 5.74) is 2.42. The molecule has 0 spiro atoms. The Balaban J connectivity index is 1.68. The van der Waals surface area contributed by atoms with Crippen LogP contribution >= 0.6 is 23.4 Å². The van der Waals surface area contributed by atoms with Gasteiger partial charge >= 0.3 is 0 Å². The number of benzene rings is 2.